The van der Waals surface area contributed by atoms with Crippen LogP contribution >= 0.6 is 0 Å². The number of aromatic nitrogens is 3. The van der Waals surface area contributed by atoms with Crippen molar-refractivity contribution in [2.45, 2.75) is 30.2 Å². The van der Waals surface area contributed by atoms with Gasteiger partial charge in [-0.05, 0) is 43.0 Å². The zero-order valence-electron chi connectivity index (χ0n) is 15.8. The number of rotatable bonds is 4. The highest BCUT2D eigenvalue weighted by molar-refractivity contribution is 7.89. The van der Waals surface area contributed by atoms with Crippen LogP contribution in [0.2, 0.25) is 0 Å². The highest BCUT2D eigenvalue weighted by Gasteiger charge is 2.26. The lowest BCUT2D eigenvalue weighted by Gasteiger charge is -2.25. The van der Waals surface area contributed by atoms with Crippen LogP contribution in [0.5, 0.6) is 0 Å². The molecule has 9 nitrogen and oxygen atoms in total. The van der Waals surface area contributed by atoms with Crippen molar-refractivity contribution in [1.82, 2.24) is 19.3 Å². The normalized spacial score (nSPS) is 16.9. The molecule has 0 unspecified atom stereocenters. The molecule has 0 aliphatic heterocycles. The molecule has 148 valence electrons. The van der Waals surface area contributed by atoms with Gasteiger partial charge in [-0.1, -0.05) is 0 Å². The highest BCUT2D eigenvalue weighted by atomic mass is 32.2. The molecule has 2 heterocycles. The second-order valence-corrected chi connectivity index (χ2v) is 8.87. The van der Waals surface area contributed by atoms with Crippen molar-refractivity contribution >= 4 is 27.1 Å². The van der Waals surface area contributed by atoms with Gasteiger partial charge < -0.3 is 9.32 Å². The van der Waals surface area contributed by atoms with E-state index in [2.05, 4.69) is 14.7 Å². The van der Waals surface area contributed by atoms with E-state index in [9.17, 15) is 13.2 Å². The van der Waals surface area contributed by atoms with Crippen molar-refractivity contribution in [2.24, 2.45) is 7.05 Å². The molecule has 1 atom stereocenters. The third kappa shape index (κ3) is 3.29. The molecular formula is C18H21N5O4S. The number of benzene rings is 1. The molecule has 28 heavy (non-hydrogen) atoms. The second kappa shape index (κ2) is 6.71. The number of aryl methyl sites for hydroxylation is 2. The minimum absolute atomic E-state index is 0.0985. The van der Waals surface area contributed by atoms with Gasteiger partial charge in [0.05, 0.1) is 10.4 Å². The first-order chi connectivity index (χ1) is 13.2. The van der Waals surface area contributed by atoms with Crippen LogP contribution in [0.4, 0.5) is 5.95 Å². The summed E-state index contributed by atoms with van der Waals surface area (Å²) in [6.07, 6.45) is 3.64. The molecule has 0 spiro atoms. The second-order valence-electron chi connectivity index (χ2n) is 7.15. The van der Waals surface area contributed by atoms with Crippen molar-refractivity contribution in [3.05, 3.63) is 46.2 Å². The molecule has 1 aliphatic carbocycles. The Morgan fingerprint density at radius 3 is 2.86 bits per heavy atom. The van der Waals surface area contributed by atoms with Crippen molar-refractivity contribution in [1.29, 1.82) is 0 Å². The fourth-order valence-corrected chi connectivity index (χ4v) is 4.66. The Kier molecular flexibility index (Phi) is 4.47. The van der Waals surface area contributed by atoms with Gasteiger partial charge in [0.15, 0.2) is 5.58 Å². The minimum atomic E-state index is -3.74. The fraction of sp³-hybridized carbons (Fsp3) is 0.389. The molecule has 2 aromatic heterocycles. The summed E-state index contributed by atoms with van der Waals surface area (Å²) in [5, 5.41) is 0. The van der Waals surface area contributed by atoms with Gasteiger partial charge in [0.2, 0.25) is 16.0 Å². The third-order valence-corrected chi connectivity index (χ3v) is 6.45. The molecule has 10 heteroatoms. The Morgan fingerprint density at radius 1 is 1.32 bits per heavy atom. The zero-order chi connectivity index (χ0) is 20.1. The average molecular weight is 403 g/mol. The number of hydrogen-bond acceptors (Lipinski definition) is 7. The molecule has 0 saturated carbocycles. The van der Waals surface area contributed by atoms with Crippen molar-refractivity contribution in [3.8, 4) is 0 Å². The topological polar surface area (TPSA) is 110 Å². The Bertz CT molecular complexity index is 1210. The van der Waals surface area contributed by atoms with Gasteiger partial charge >= 0.3 is 5.76 Å². The Hall–Kier alpha value is -2.72. The summed E-state index contributed by atoms with van der Waals surface area (Å²) in [6.45, 7) is 0. The van der Waals surface area contributed by atoms with Crippen molar-refractivity contribution < 1.29 is 12.8 Å². The van der Waals surface area contributed by atoms with Crippen LogP contribution in [0.25, 0.3) is 11.1 Å². The van der Waals surface area contributed by atoms with E-state index in [-0.39, 0.29) is 10.9 Å². The van der Waals surface area contributed by atoms with E-state index in [1.54, 1.807) is 6.20 Å². The van der Waals surface area contributed by atoms with Crippen LogP contribution in [0.15, 0.2) is 38.5 Å². The maximum absolute atomic E-state index is 12.9. The molecule has 0 fully saturated rings. The smallest absolute Gasteiger partial charge is 0.408 e. The van der Waals surface area contributed by atoms with E-state index in [0.29, 0.717) is 36.3 Å². The molecule has 0 bridgehead atoms. The number of sulfonamides is 1. The van der Waals surface area contributed by atoms with Crippen LogP contribution < -0.4 is 15.4 Å². The van der Waals surface area contributed by atoms with Gasteiger partial charge in [-0.3, -0.25) is 4.57 Å². The largest absolute Gasteiger partial charge is 0.419 e. The van der Waals surface area contributed by atoms with E-state index in [4.69, 9.17) is 4.42 Å². The summed E-state index contributed by atoms with van der Waals surface area (Å²) in [5.41, 5.74) is 2.71. The van der Waals surface area contributed by atoms with Crippen LogP contribution in [-0.2, 0) is 29.9 Å². The Balaban J connectivity index is 1.57. The molecule has 1 N–H and O–H groups in total. The fourth-order valence-electron chi connectivity index (χ4n) is 3.37. The predicted octanol–water partition coefficient (Wildman–Crippen LogP) is 0.823. The molecular weight excluding hydrogens is 382 g/mol. The average Bonchev–Trinajstić information content (AvgIpc) is 2.94. The van der Waals surface area contributed by atoms with Gasteiger partial charge in [-0.2, -0.15) is 0 Å². The maximum atomic E-state index is 12.9. The first kappa shape index (κ1) is 18.6. The van der Waals surface area contributed by atoms with E-state index < -0.39 is 15.8 Å². The monoisotopic (exact) mass is 403 g/mol. The summed E-state index contributed by atoms with van der Waals surface area (Å²) in [6, 6.07) is 4.15. The first-order valence-electron chi connectivity index (χ1n) is 8.88. The molecule has 1 aliphatic rings. The lowest BCUT2D eigenvalue weighted by Crippen LogP contribution is -2.39. The molecule has 4 rings (SSSR count). The number of nitrogens with zero attached hydrogens (tertiary/aromatic N) is 4. The molecule has 3 aromatic rings. The van der Waals surface area contributed by atoms with Gasteiger partial charge in [0.25, 0.3) is 0 Å². The Labute approximate surface area is 162 Å². The molecule has 0 saturated heterocycles. The van der Waals surface area contributed by atoms with Crippen molar-refractivity contribution in [2.75, 3.05) is 19.0 Å². The summed E-state index contributed by atoms with van der Waals surface area (Å²) < 4.78 is 34.8. The van der Waals surface area contributed by atoms with E-state index in [1.165, 1.54) is 29.8 Å². The number of nitrogens with one attached hydrogen (secondary N) is 1. The lowest BCUT2D eigenvalue weighted by atomic mass is 9.94. The summed E-state index contributed by atoms with van der Waals surface area (Å²) >= 11 is 0. The van der Waals surface area contributed by atoms with Crippen LogP contribution in [-0.4, -0.2) is 43.1 Å². The van der Waals surface area contributed by atoms with Crippen LogP contribution in [0.3, 0.4) is 0 Å². The number of hydrogen-bond donors (Lipinski definition) is 1. The number of anilines is 1. The predicted molar refractivity (Wildman–Crippen MR) is 104 cm³/mol. The standard InChI is InChI=1S/C18H21N5O4S/c1-22(2)17-19-10-11-8-12(4-6-14(11)20-17)21-28(25,26)13-5-7-16-15(9-13)23(3)18(24)27-16/h5,7,9-10,12,21H,4,6,8H2,1-3H3/t12-/m1/s1. The van der Waals surface area contributed by atoms with Crippen LogP contribution in [0, 0.1) is 0 Å². The summed E-state index contributed by atoms with van der Waals surface area (Å²) in [5.74, 6) is 0.121. The maximum Gasteiger partial charge on any atom is 0.419 e. The first-order valence-corrected chi connectivity index (χ1v) is 10.4. The minimum Gasteiger partial charge on any atom is -0.408 e. The zero-order valence-corrected chi connectivity index (χ0v) is 16.7. The quantitative estimate of drug-likeness (QED) is 0.687. The van der Waals surface area contributed by atoms with Gasteiger partial charge in [0, 0.05) is 39.1 Å². The van der Waals surface area contributed by atoms with E-state index >= 15 is 0 Å². The van der Waals surface area contributed by atoms with E-state index in [1.807, 2.05) is 19.0 Å². The lowest BCUT2D eigenvalue weighted by molar-refractivity contribution is 0.501. The summed E-state index contributed by atoms with van der Waals surface area (Å²) in [7, 11) is 1.57. The van der Waals surface area contributed by atoms with Gasteiger partial charge in [-0.25, -0.2) is 27.9 Å². The van der Waals surface area contributed by atoms with Gasteiger partial charge in [0.1, 0.15) is 0 Å². The third-order valence-electron chi connectivity index (χ3n) is 4.93. The van der Waals surface area contributed by atoms with Crippen molar-refractivity contribution in [3.63, 3.8) is 0 Å². The highest BCUT2D eigenvalue weighted by Crippen LogP contribution is 2.23. The molecule has 0 amide bonds. The van der Waals surface area contributed by atoms with E-state index in [0.717, 1.165) is 11.3 Å². The number of oxazole rings is 1. The van der Waals surface area contributed by atoms with Gasteiger partial charge in [-0.15, -0.1) is 0 Å². The van der Waals surface area contributed by atoms with Crippen LogP contribution in [0.1, 0.15) is 17.7 Å². The Morgan fingerprint density at radius 2 is 2.11 bits per heavy atom. The SMILES string of the molecule is CN(C)c1ncc2c(n1)CC[C@@H](NS(=O)(=O)c1ccc3oc(=O)n(C)c3c1)C2. The summed E-state index contributed by atoms with van der Waals surface area (Å²) in [4.78, 5) is 22.4. The number of fused-ring (bicyclic) bond motifs is 2. The molecule has 1 aromatic carbocycles. The molecule has 0 radical (unpaired) electrons.